The lowest BCUT2D eigenvalue weighted by molar-refractivity contribution is 0.0601. The summed E-state index contributed by atoms with van der Waals surface area (Å²) in [5.41, 5.74) is 2.10. The highest BCUT2D eigenvalue weighted by atomic mass is 16.5. The summed E-state index contributed by atoms with van der Waals surface area (Å²) in [4.78, 5) is 22.3. The molecule has 0 amide bonds. The van der Waals surface area contributed by atoms with Crippen molar-refractivity contribution in [1.82, 2.24) is 4.57 Å². The molecule has 0 saturated heterocycles. The number of hydrogen-bond acceptors (Lipinski definition) is 4. The predicted octanol–water partition coefficient (Wildman–Crippen LogP) is 3.32. The van der Waals surface area contributed by atoms with Gasteiger partial charge in [-0.05, 0) is 47.9 Å². The smallest absolute Gasteiger partial charge is 0.337 e. The molecule has 0 bridgehead atoms. The summed E-state index contributed by atoms with van der Waals surface area (Å²) >= 11 is 0. The maximum atomic E-state index is 11.7. The van der Waals surface area contributed by atoms with Crippen molar-refractivity contribution in [3.8, 4) is 5.75 Å². The van der Waals surface area contributed by atoms with Crippen LogP contribution >= 0.6 is 0 Å². The molecule has 0 spiro atoms. The molecule has 1 heterocycles. The predicted molar refractivity (Wildman–Crippen MR) is 90.6 cm³/mol. The summed E-state index contributed by atoms with van der Waals surface area (Å²) in [7, 11) is 1.37. The van der Waals surface area contributed by atoms with E-state index in [-0.39, 0.29) is 5.97 Å². The molecular weight excluding hydrogens is 306 g/mol. The van der Waals surface area contributed by atoms with E-state index in [4.69, 9.17) is 9.47 Å². The van der Waals surface area contributed by atoms with Crippen molar-refractivity contribution in [2.24, 2.45) is 0 Å². The zero-order chi connectivity index (χ0) is 16.9. The molecular formula is C19H17NO4. The van der Waals surface area contributed by atoms with Gasteiger partial charge in [0.2, 0.25) is 0 Å². The van der Waals surface area contributed by atoms with Crippen molar-refractivity contribution in [3.63, 3.8) is 0 Å². The second-order valence-electron chi connectivity index (χ2n) is 5.31. The normalized spacial score (nSPS) is 10.5. The van der Waals surface area contributed by atoms with Gasteiger partial charge in [-0.3, -0.25) is 4.79 Å². The van der Waals surface area contributed by atoms with Crippen LogP contribution in [0.25, 0.3) is 10.9 Å². The summed E-state index contributed by atoms with van der Waals surface area (Å²) < 4.78 is 12.5. The first-order chi connectivity index (χ1) is 11.7. The number of esters is 1. The van der Waals surface area contributed by atoms with E-state index < -0.39 is 0 Å². The van der Waals surface area contributed by atoms with E-state index in [0.29, 0.717) is 30.0 Å². The van der Waals surface area contributed by atoms with Crippen LogP contribution in [0, 0.1) is 0 Å². The van der Waals surface area contributed by atoms with Gasteiger partial charge in [-0.2, -0.15) is 0 Å². The Morgan fingerprint density at radius 1 is 1.12 bits per heavy atom. The van der Waals surface area contributed by atoms with Crippen LogP contribution in [-0.2, 0) is 11.3 Å². The number of aromatic nitrogens is 1. The Balaban J connectivity index is 1.70. The van der Waals surface area contributed by atoms with Crippen molar-refractivity contribution < 1.29 is 19.1 Å². The number of hydrogen-bond donors (Lipinski definition) is 0. The zero-order valence-electron chi connectivity index (χ0n) is 13.3. The summed E-state index contributed by atoms with van der Waals surface area (Å²) in [5.74, 6) is 0.364. The minimum atomic E-state index is -0.351. The first kappa shape index (κ1) is 15.8. The Kier molecular flexibility index (Phi) is 4.61. The molecule has 3 rings (SSSR count). The van der Waals surface area contributed by atoms with Crippen molar-refractivity contribution in [3.05, 3.63) is 65.9 Å². The van der Waals surface area contributed by atoms with E-state index in [1.807, 2.05) is 29.0 Å². The molecule has 2 aromatic carbocycles. The van der Waals surface area contributed by atoms with Gasteiger partial charge in [-0.15, -0.1) is 0 Å². The van der Waals surface area contributed by atoms with Gasteiger partial charge >= 0.3 is 5.97 Å². The number of methoxy groups -OCH3 is 1. The van der Waals surface area contributed by atoms with Crippen LogP contribution in [0.5, 0.6) is 5.75 Å². The Morgan fingerprint density at radius 2 is 1.92 bits per heavy atom. The number of carbonyl (C=O) groups excluding carboxylic acids is 2. The van der Waals surface area contributed by atoms with Crippen LogP contribution in [-0.4, -0.2) is 30.5 Å². The number of benzene rings is 2. The molecule has 0 aliphatic carbocycles. The number of ether oxygens (including phenoxy) is 2. The fraction of sp³-hybridized carbons (Fsp3) is 0.158. The quantitative estimate of drug-likeness (QED) is 0.516. The van der Waals surface area contributed by atoms with E-state index in [2.05, 4.69) is 0 Å². The Bertz CT molecular complexity index is 865. The van der Waals surface area contributed by atoms with E-state index >= 15 is 0 Å². The van der Waals surface area contributed by atoms with E-state index in [1.165, 1.54) is 7.11 Å². The van der Waals surface area contributed by atoms with E-state index in [1.54, 1.807) is 30.3 Å². The molecule has 5 heteroatoms. The van der Waals surface area contributed by atoms with Crippen molar-refractivity contribution in [1.29, 1.82) is 0 Å². The van der Waals surface area contributed by atoms with Gasteiger partial charge in [-0.25, -0.2) is 4.79 Å². The van der Waals surface area contributed by atoms with Crippen molar-refractivity contribution in [2.75, 3.05) is 13.7 Å². The minimum Gasteiger partial charge on any atom is -0.492 e. The van der Waals surface area contributed by atoms with Crippen molar-refractivity contribution in [2.45, 2.75) is 6.54 Å². The molecule has 3 aromatic rings. The molecule has 0 aliphatic rings. The van der Waals surface area contributed by atoms with Crippen molar-refractivity contribution >= 4 is 23.2 Å². The molecule has 24 heavy (non-hydrogen) atoms. The summed E-state index contributed by atoms with van der Waals surface area (Å²) in [6.45, 7) is 1.12. The molecule has 0 aliphatic heterocycles. The molecule has 0 atom stereocenters. The second-order valence-corrected chi connectivity index (χ2v) is 5.31. The van der Waals surface area contributed by atoms with Crippen LogP contribution in [0.2, 0.25) is 0 Å². The Morgan fingerprint density at radius 3 is 2.62 bits per heavy atom. The molecule has 0 N–H and O–H groups in total. The number of rotatable bonds is 6. The maximum absolute atomic E-state index is 11.7. The highest BCUT2D eigenvalue weighted by Gasteiger charge is 2.08. The summed E-state index contributed by atoms with van der Waals surface area (Å²) in [6, 6.07) is 14.4. The first-order valence-electron chi connectivity index (χ1n) is 7.56. The summed E-state index contributed by atoms with van der Waals surface area (Å²) in [5, 5.41) is 1.05. The van der Waals surface area contributed by atoms with Gasteiger partial charge in [0.1, 0.15) is 18.6 Å². The topological polar surface area (TPSA) is 57.5 Å². The van der Waals surface area contributed by atoms with Gasteiger partial charge < -0.3 is 14.0 Å². The number of fused-ring (bicyclic) bond motifs is 1. The third kappa shape index (κ3) is 3.30. The van der Waals surface area contributed by atoms with Gasteiger partial charge in [0.15, 0.2) is 0 Å². The minimum absolute atomic E-state index is 0.351. The van der Waals surface area contributed by atoms with Crippen LogP contribution in [0.3, 0.4) is 0 Å². The van der Waals surface area contributed by atoms with Gasteiger partial charge in [0.25, 0.3) is 0 Å². The molecule has 0 saturated carbocycles. The average molecular weight is 323 g/mol. The lowest BCUT2D eigenvalue weighted by Crippen LogP contribution is -2.08. The van der Waals surface area contributed by atoms with E-state index in [9.17, 15) is 9.59 Å². The highest BCUT2D eigenvalue weighted by molar-refractivity contribution is 5.94. The van der Waals surface area contributed by atoms with Gasteiger partial charge in [-0.1, -0.05) is 6.07 Å². The fourth-order valence-electron chi connectivity index (χ4n) is 2.53. The van der Waals surface area contributed by atoms with Crippen LogP contribution < -0.4 is 4.74 Å². The highest BCUT2D eigenvalue weighted by Crippen LogP contribution is 2.19. The van der Waals surface area contributed by atoms with E-state index in [0.717, 1.165) is 17.2 Å². The molecule has 0 radical (unpaired) electrons. The average Bonchev–Trinajstić information content (AvgIpc) is 3.04. The maximum Gasteiger partial charge on any atom is 0.337 e. The second kappa shape index (κ2) is 7.00. The third-order valence-corrected chi connectivity index (χ3v) is 3.81. The Hall–Kier alpha value is -3.08. The zero-order valence-corrected chi connectivity index (χ0v) is 13.3. The lowest BCUT2D eigenvalue weighted by atomic mass is 10.1. The van der Waals surface area contributed by atoms with Gasteiger partial charge in [0, 0.05) is 17.3 Å². The molecule has 0 fully saturated rings. The standard InChI is InChI=1S/C19H17NO4/c1-23-19(22)16-5-4-15-8-9-20(18(15)12-16)10-11-24-17-6-2-14(13-21)3-7-17/h2-9,12-13H,10-11H2,1H3. The van der Waals surface area contributed by atoms with Gasteiger partial charge in [0.05, 0.1) is 19.2 Å². The lowest BCUT2D eigenvalue weighted by Gasteiger charge is -2.09. The first-order valence-corrected chi connectivity index (χ1v) is 7.56. The molecule has 122 valence electrons. The SMILES string of the molecule is COC(=O)c1ccc2ccn(CCOc3ccc(C=O)cc3)c2c1. The molecule has 1 aromatic heterocycles. The van der Waals surface area contributed by atoms with Crippen LogP contribution in [0.15, 0.2) is 54.7 Å². The third-order valence-electron chi connectivity index (χ3n) is 3.81. The number of carbonyl (C=O) groups is 2. The Labute approximate surface area is 139 Å². The van der Waals surface area contributed by atoms with Crippen LogP contribution in [0.1, 0.15) is 20.7 Å². The monoisotopic (exact) mass is 323 g/mol. The number of nitrogens with zero attached hydrogens (tertiary/aromatic N) is 1. The molecule has 0 unspecified atom stereocenters. The number of aldehydes is 1. The molecule has 5 nitrogen and oxygen atoms in total. The largest absolute Gasteiger partial charge is 0.492 e. The van der Waals surface area contributed by atoms with Crippen LogP contribution in [0.4, 0.5) is 0 Å². The summed E-state index contributed by atoms with van der Waals surface area (Å²) in [6.07, 6.45) is 2.76. The fourth-order valence-corrected chi connectivity index (χ4v) is 2.53.